The Balaban J connectivity index is 2.50. The van der Waals surface area contributed by atoms with E-state index in [4.69, 9.17) is 5.73 Å². The average Bonchev–Trinajstić information content (AvgIpc) is 2.60. The molecule has 2 aromatic rings. The summed E-state index contributed by atoms with van der Waals surface area (Å²) in [5.41, 5.74) is 6.84. The number of carbonyl (C=O) groups excluding carboxylic acids is 1. The fourth-order valence-electron chi connectivity index (χ4n) is 1.73. The highest BCUT2D eigenvalue weighted by molar-refractivity contribution is 7.12. The van der Waals surface area contributed by atoms with Crippen LogP contribution in [0.25, 0.3) is 0 Å². The standard InChI is InChI=1S/C13H12FNOS/c1-7-5-10(8(2)17-7)13(16)11-6-9(14)3-4-12(11)15/h3-6H,15H2,1-2H3. The van der Waals surface area contributed by atoms with E-state index in [1.807, 2.05) is 19.9 Å². The molecule has 4 heteroatoms. The zero-order valence-corrected chi connectivity index (χ0v) is 10.4. The molecule has 2 N–H and O–H groups in total. The topological polar surface area (TPSA) is 43.1 Å². The molecule has 17 heavy (non-hydrogen) atoms. The van der Waals surface area contributed by atoms with Crippen LogP contribution in [0.4, 0.5) is 10.1 Å². The molecule has 1 aromatic heterocycles. The van der Waals surface area contributed by atoms with Crippen LogP contribution in [0, 0.1) is 19.7 Å². The number of ketones is 1. The van der Waals surface area contributed by atoms with Gasteiger partial charge >= 0.3 is 0 Å². The third-order valence-corrected chi connectivity index (χ3v) is 3.51. The number of anilines is 1. The van der Waals surface area contributed by atoms with Gasteiger partial charge in [0.25, 0.3) is 0 Å². The van der Waals surface area contributed by atoms with Gasteiger partial charge in [0.1, 0.15) is 5.82 Å². The lowest BCUT2D eigenvalue weighted by Crippen LogP contribution is -2.06. The second kappa shape index (κ2) is 4.30. The number of thiophene rings is 1. The molecule has 0 aliphatic carbocycles. The van der Waals surface area contributed by atoms with Crippen LogP contribution in [0.2, 0.25) is 0 Å². The van der Waals surface area contributed by atoms with Crippen LogP contribution in [0.5, 0.6) is 0 Å². The van der Waals surface area contributed by atoms with Gasteiger partial charge in [0.2, 0.25) is 0 Å². The molecule has 1 heterocycles. The predicted molar refractivity (Wildman–Crippen MR) is 68.0 cm³/mol. The van der Waals surface area contributed by atoms with Crippen molar-refractivity contribution in [3.05, 3.63) is 51.0 Å². The van der Waals surface area contributed by atoms with Crippen molar-refractivity contribution in [3.8, 4) is 0 Å². The number of hydrogen-bond donors (Lipinski definition) is 1. The molecule has 0 atom stereocenters. The van der Waals surface area contributed by atoms with Crippen molar-refractivity contribution in [2.45, 2.75) is 13.8 Å². The molecule has 2 nitrogen and oxygen atoms in total. The summed E-state index contributed by atoms with van der Waals surface area (Å²) in [5, 5.41) is 0. The van der Waals surface area contributed by atoms with Crippen molar-refractivity contribution in [2.75, 3.05) is 5.73 Å². The number of nitrogen functional groups attached to an aromatic ring is 1. The molecule has 1 aromatic carbocycles. The highest BCUT2D eigenvalue weighted by Crippen LogP contribution is 2.25. The van der Waals surface area contributed by atoms with Gasteiger partial charge in [-0.05, 0) is 38.1 Å². The maximum atomic E-state index is 13.1. The zero-order chi connectivity index (χ0) is 12.6. The predicted octanol–water partition coefficient (Wildman–Crippen LogP) is 3.32. The molecule has 2 rings (SSSR count). The Morgan fingerprint density at radius 2 is 1.94 bits per heavy atom. The molecular formula is C13H12FNOS. The normalized spacial score (nSPS) is 10.5. The minimum atomic E-state index is -0.452. The summed E-state index contributed by atoms with van der Waals surface area (Å²) in [6.45, 7) is 3.81. The minimum Gasteiger partial charge on any atom is -0.398 e. The van der Waals surface area contributed by atoms with E-state index in [0.717, 1.165) is 9.75 Å². The number of aryl methyl sites for hydroxylation is 2. The van der Waals surface area contributed by atoms with Crippen LogP contribution in [0.1, 0.15) is 25.7 Å². The third-order valence-electron chi connectivity index (χ3n) is 2.55. The molecule has 0 amide bonds. The van der Waals surface area contributed by atoms with E-state index in [-0.39, 0.29) is 11.3 Å². The number of carbonyl (C=O) groups is 1. The SMILES string of the molecule is Cc1cc(C(=O)c2cc(F)ccc2N)c(C)s1. The van der Waals surface area contributed by atoms with Crippen LogP contribution < -0.4 is 5.73 Å². The van der Waals surface area contributed by atoms with Gasteiger partial charge in [-0.2, -0.15) is 0 Å². The quantitative estimate of drug-likeness (QED) is 0.655. The first kappa shape index (κ1) is 11.8. The van der Waals surface area contributed by atoms with Gasteiger partial charge in [-0.3, -0.25) is 4.79 Å². The monoisotopic (exact) mass is 249 g/mol. The van der Waals surface area contributed by atoms with Gasteiger partial charge in [-0.15, -0.1) is 11.3 Å². The molecule has 0 saturated heterocycles. The Kier molecular flexibility index (Phi) is 2.98. The van der Waals surface area contributed by atoms with Crippen molar-refractivity contribution in [3.63, 3.8) is 0 Å². The Morgan fingerprint density at radius 1 is 1.24 bits per heavy atom. The van der Waals surface area contributed by atoms with Crippen LogP contribution in [-0.4, -0.2) is 5.78 Å². The smallest absolute Gasteiger partial charge is 0.196 e. The Hall–Kier alpha value is -1.68. The van der Waals surface area contributed by atoms with Gasteiger partial charge in [-0.25, -0.2) is 4.39 Å². The first-order valence-electron chi connectivity index (χ1n) is 5.16. The van der Waals surface area contributed by atoms with Crippen molar-refractivity contribution >= 4 is 22.8 Å². The van der Waals surface area contributed by atoms with Gasteiger partial charge in [-0.1, -0.05) is 0 Å². The van der Waals surface area contributed by atoms with E-state index in [0.29, 0.717) is 11.3 Å². The summed E-state index contributed by atoms with van der Waals surface area (Å²) < 4.78 is 13.1. The fraction of sp³-hybridized carbons (Fsp3) is 0.154. The van der Waals surface area contributed by atoms with E-state index in [2.05, 4.69) is 0 Å². The molecule has 0 bridgehead atoms. The molecule has 0 spiro atoms. The second-order valence-corrected chi connectivity index (χ2v) is 5.35. The second-order valence-electron chi connectivity index (χ2n) is 3.89. The Morgan fingerprint density at radius 3 is 2.53 bits per heavy atom. The number of nitrogens with two attached hydrogens (primary N) is 1. The van der Waals surface area contributed by atoms with Gasteiger partial charge in [0, 0.05) is 26.6 Å². The van der Waals surface area contributed by atoms with E-state index >= 15 is 0 Å². The lowest BCUT2D eigenvalue weighted by Gasteiger charge is -2.04. The van der Waals surface area contributed by atoms with E-state index < -0.39 is 5.82 Å². The highest BCUT2D eigenvalue weighted by atomic mass is 32.1. The Labute approximate surface area is 103 Å². The minimum absolute atomic E-state index is 0.219. The molecule has 0 unspecified atom stereocenters. The summed E-state index contributed by atoms with van der Waals surface area (Å²) in [6, 6.07) is 5.66. The number of benzene rings is 1. The van der Waals surface area contributed by atoms with Crippen LogP contribution in [0.3, 0.4) is 0 Å². The Bertz CT molecular complexity index is 589. The molecule has 0 aliphatic rings. The number of hydrogen-bond acceptors (Lipinski definition) is 3. The number of rotatable bonds is 2. The maximum Gasteiger partial charge on any atom is 0.196 e. The zero-order valence-electron chi connectivity index (χ0n) is 9.58. The van der Waals surface area contributed by atoms with Gasteiger partial charge < -0.3 is 5.73 Å². The van der Waals surface area contributed by atoms with Crippen molar-refractivity contribution in [2.24, 2.45) is 0 Å². The van der Waals surface area contributed by atoms with Gasteiger partial charge in [0.15, 0.2) is 5.78 Å². The largest absolute Gasteiger partial charge is 0.398 e. The van der Waals surface area contributed by atoms with Crippen molar-refractivity contribution < 1.29 is 9.18 Å². The fourth-order valence-corrected chi connectivity index (χ4v) is 2.65. The summed E-state index contributed by atoms with van der Waals surface area (Å²) >= 11 is 1.55. The molecular weight excluding hydrogens is 237 g/mol. The first-order chi connectivity index (χ1) is 7.99. The third kappa shape index (κ3) is 2.22. The van der Waals surface area contributed by atoms with E-state index in [1.54, 1.807) is 11.3 Å². The molecule has 0 saturated carbocycles. The van der Waals surface area contributed by atoms with E-state index in [9.17, 15) is 9.18 Å². The van der Waals surface area contributed by atoms with Crippen molar-refractivity contribution in [1.29, 1.82) is 0 Å². The summed E-state index contributed by atoms with van der Waals surface area (Å²) in [4.78, 5) is 14.2. The summed E-state index contributed by atoms with van der Waals surface area (Å²) in [5.74, 6) is -0.670. The van der Waals surface area contributed by atoms with Crippen LogP contribution >= 0.6 is 11.3 Å². The molecule has 88 valence electrons. The van der Waals surface area contributed by atoms with E-state index in [1.165, 1.54) is 18.2 Å². The lowest BCUT2D eigenvalue weighted by molar-refractivity contribution is 0.103. The summed E-state index contributed by atoms with van der Waals surface area (Å²) in [7, 11) is 0. The molecule has 0 aliphatic heterocycles. The van der Waals surface area contributed by atoms with Crippen molar-refractivity contribution in [1.82, 2.24) is 0 Å². The molecule has 0 radical (unpaired) electrons. The number of halogens is 1. The van der Waals surface area contributed by atoms with Crippen LogP contribution in [-0.2, 0) is 0 Å². The van der Waals surface area contributed by atoms with Gasteiger partial charge in [0.05, 0.1) is 0 Å². The average molecular weight is 249 g/mol. The van der Waals surface area contributed by atoms with Crippen LogP contribution in [0.15, 0.2) is 24.3 Å². The summed E-state index contributed by atoms with van der Waals surface area (Å²) in [6.07, 6.45) is 0. The maximum absolute atomic E-state index is 13.1. The first-order valence-corrected chi connectivity index (χ1v) is 5.97. The highest BCUT2D eigenvalue weighted by Gasteiger charge is 2.17. The lowest BCUT2D eigenvalue weighted by atomic mass is 10.0. The molecule has 0 fully saturated rings.